The molecule has 0 fully saturated rings. The van der Waals surface area contributed by atoms with Gasteiger partial charge < -0.3 is 11.1 Å². The summed E-state index contributed by atoms with van der Waals surface area (Å²) in [5, 5.41) is 2.70. The molecule has 1 amide bonds. The zero-order chi connectivity index (χ0) is 8.69. The Morgan fingerprint density at radius 1 is 1.82 bits per heavy atom. The molecular weight excluding hydrogens is 140 g/mol. The van der Waals surface area contributed by atoms with Crippen molar-refractivity contribution in [1.29, 1.82) is 0 Å². The Hall–Kier alpha value is -0.830. The molecule has 0 aliphatic carbocycles. The highest BCUT2D eigenvalue weighted by molar-refractivity contribution is 5.78. The quantitative estimate of drug-likeness (QED) is 0.561. The highest BCUT2D eigenvalue weighted by atomic mass is 16.1. The second kappa shape index (κ2) is 5.92. The summed E-state index contributed by atoms with van der Waals surface area (Å²) in [5.74, 6) is 0.0651. The summed E-state index contributed by atoms with van der Waals surface area (Å²) >= 11 is 0. The minimum Gasteiger partial charge on any atom is -0.352 e. The maximum Gasteiger partial charge on any atom is 0.223 e. The highest BCUT2D eigenvalue weighted by Gasteiger charge is 2.09. The maximum absolute atomic E-state index is 11.1. The Balaban J connectivity index is 3.54. The fraction of sp³-hybridized carbons (Fsp3) is 0.625. The van der Waals surface area contributed by atoms with Gasteiger partial charge in [-0.2, -0.15) is 0 Å². The number of nitrogens with one attached hydrogen (secondary N) is 1. The van der Waals surface area contributed by atoms with Crippen LogP contribution < -0.4 is 11.1 Å². The number of carbonyl (C=O) groups is 1. The van der Waals surface area contributed by atoms with E-state index in [1.807, 2.05) is 6.92 Å². The second-order valence-electron chi connectivity index (χ2n) is 2.51. The van der Waals surface area contributed by atoms with Crippen LogP contribution in [0.25, 0.3) is 0 Å². The van der Waals surface area contributed by atoms with Gasteiger partial charge in [0.15, 0.2) is 0 Å². The van der Waals surface area contributed by atoms with E-state index in [0.29, 0.717) is 13.1 Å². The molecule has 0 spiro atoms. The van der Waals surface area contributed by atoms with E-state index in [4.69, 9.17) is 5.73 Å². The van der Waals surface area contributed by atoms with E-state index < -0.39 is 0 Å². The van der Waals surface area contributed by atoms with Crippen LogP contribution in [-0.2, 0) is 4.79 Å². The molecule has 0 aromatic carbocycles. The van der Waals surface area contributed by atoms with Crippen LogP contribution in [0.5, 0.6) is 0 Å². The topological polar surface area (TPSA) is 55.1 Å². The first-order valence-electron chi connectivity index (χ1n) is 3.81. The first kappa shape index (κ1) is 10.2. The first-order valence-corrected chi connectivity index (χ1v) is 3.81. The zero-order valence-corrected chi connectivity index (χ0v) is 6.97. The molecule has 64 valence electrons. The molecule has 0 rings (SSSR count). The summed E-state index contributed by atoms with van der Waals surface area (Å²) in [7, 11) is 0. The summed E-state index contributed by atoms with van der Waals surface area (Å²) in [6, 6.07) is 0. The van der Waals surface area contributed by atoms with E-state index in [0.717, 1.165) is 6.42 Å². The molecule has 11 heavy (non-hydrogen) atoms. The van der Waals surface area contributed by atoms with Gasteiger partial charge in [0.05, 0.1) is 0 Å². The fourth-order valence-corrected chi connectivity index (χ4v) is 0.728. The molecule has 3 nitrogen and oxygen atoms in total. The Labute approximate surface area is 67.7 Å². The van der Waals surface area contributed by atoms with Crippen LogP contribution in [0.15, 0.2) is 12.7 Å². The van der Waals surface area contributed by atoms with Gasteiger partial charge in [0.1, 0.15) is 0 Å². The van der Waals surface area contributed by atoms with Crippen molar-refractivity contribution in [3.05, 3.63) is 12.7 Å². The van der Waals surface area contributed by atoms with Crippen LogP contribution in [0.4, 0.5) is 0 Å². The number of hydrogen-bond acceptors (Lipinski definition) is 2. The molecule has 1 unspecified atom stereocenters. The lowest BCUT2D eigenvalue weighted by molar-refractivity contribution is -0.124. The number of amides is 1. The average molecular weight is 156 g/mol. The van der Waals surface area contributed by atoms with Gasteiger partial charge in [-0.05, 0) is 13.0 Å². The first-order chi connectivity index (χ1) is 5.22. The Kier molecular flexibility index (Phi) is 5.47. The monoisotopic (exact) mass is 156 g/mol. The largest absolute Gasteiger partial charge is 0.352 e. The van der Waals surface area contributed by atoms with E-state index >= 15 is 0 Å². The van der Waals surface area contributed by atoms with E-state index in [-0.39, 0.29) is 11.8 Å². The number of hydrogen-bond donors (Lipinski definition) is 2. The van der Waals surface area contributed by atoms with Crippen molar-refractivity contribution >= 4 is 5.91 Å². The third-order valence-electron chi connectivity index (χ3n) is 1.47. The van der Waals surface area contributed by atoms with Gasteiger partial charge in [-0.3, -0.25) is 4.79 Å². The Bertz CT molecular complexity index is 134. The van der Waals surface area contributed by atoms with Gasteiger partial charge in [-0.25, -0.2) is 0 Å². The van der Waals surface area contributed by atoms with Crippen molar-refractivity contribution in [1.82, 2.24) is 5.32 Å². The Morgan fingerprint density at radius 2 is 2.45 bits per heavy atom. The van der Waals surface area contributed by atoms with Gasteiger partial charge in [-0.15, -0.1) is 6.58 Å². The molecule has 0 aromatic heterocycles. The van der Waals surface area contributed by atoms with E-state index in [1.165, 1.54) is 0 Å². The smallest absolute Gasteiger partial charge is 0.223 e. The zero-order valence-electron chi connectivity index (χ0n) is 6.97. The summed E-state index contributed by atoms with van der Waals surface area (Å²) in [6.07, 6.45) is 2.40. The Morgan fingerprint density at radius 3 is 2.91 bits per heavy atom. The maximum atomic E-state index is 11.1. The molecule has 3 N–H and O–H groups in total. The third kappa shape index (κ3) is 4.56. The fourth-order valence-electron chi connectivity index (χ4n) is 0.728. The van der Waals surface area contributed by atoms with Gasteiger partial charge in [0, 0.05) is 12.5 Å². The molecule has 0 saturated carbocycles. The molecular formula is C8H16N2O. The second-order valence-corrected chi connectivity index (χ2v) is 2.51. The molecule has 3 heteroatoms. The molecule has 0 aromatic rings. The standard InChI is InChI=1S/C8H16N2O/c1-3-6-10-8(11)7(2)4-5-9/h3,7H,1,4-6,9H2,2H3,(H,10,11). The predicted octanol–water partition coefficient (Wildman–Crippen LogP) is 0.273. The minimum atomic E-state index is 0.0138. The SMILES string of the molecule is C=CCNC(=O)C(C)CCN. The van der Waals surface area contributed by atoms with Gasteiger partial charge in [0.2, 0.25) is 5.91 Å². The summed E-state index contributed by atoms with van der Waals surface area (Å²) in [4.78, 5) is 11.1. The number of rotatable bonds is 5. The van der Waals surface area contributed by atoms with Crippen LogP contribution in [0.2, 0.25) is 0 Å². The van der Waals surface area contributed by atoms with Gasteiger partial charge in [0.25, 0.3) is 0 Å². The van der Waals surface area contributed by atoms with E-state index in [1.54, 1.807) is 6.08 Å². The molecule has 0 saturated heterocycles. The molecule has 0 heterocycles. The summed E-state index contributed by atoms with van der Waals surface area (Å²) in [5.41, 5.74) is 5.30. The minimum absolute atomic E-state index is 0.0138. The molecule has 0 bridgehead atoms. The number of carbonyl (C=O) groups excluding carboxylic acids is 1. The normalized spacial score (nSPS) is 12.2. The van der Waals surface area contributed by atoms with Crippen LogP contribution in [0.1, 0.15) is 13.3 Å². The third-order valence-corrected chi connectivity index (χ3v) is 1.47. The predicted molar refractivity (Wildman–Crippen MR) is 46.0 cm³/mol. The molecule has 0 aliphatic rings. The lowest BCUT2D eigenvalue weighted by Gasteiger charge is -2.08. The molecule has 0 aliphatic heterocycles. The molecule has 0 radical (unpaired) electrons. The van der Waals surface area contributed by atoms with Crippen molar-refractivity contribution in [2.45, 2.75) is 13.3 Å². The van der Waals surface area contributed by atoms with Crippen molar-refractivity contribution in [3.8, 4) is 0 Å². The van der Waals surface area contributed by atoms with Crippen LogP contribution in [-0.4, -0.2) is 19.0 Å². The van der Waals surface area contributed by atoms with Crippen molar-refractivity contribution in [3.63, 3.8) is 0 Å². The van der Waals surface area contributed by atoms with E-state index in [2.05, 4.69) is 11.9 Å². The average Bonchev–Trinajstić information content (AvgIpc) is 2.00. The van der Waals surface area contributed by atoms with Crippen LogP contribution in [0, 0.1) is 5.92 Å². The van der Waals surface area contributed by atoms with Crippen LogP contribution in [0.3, 0.4) is 0 Å². The lowest BCUT2D eigenvalue weighted by Crippen LogP contribution is -2.30. The van der Waals surface area contributed by atoms with Gasteiger partial charge in [-0.1, -0.05) is 13.0 Å². The summed E-state index contributed by atoms with van der Waals surface area (Å²) in [6.45, 7) is 6.46. The van der Waals surface area contributed by atoms with Crippen molar-refractivity contribution in [2.24, 2.45) is 11.7 Å². The molecule has 1 atom stereocenters. The van der Waals surface area contributed by atoms with Gasteiger partial charge >= 0.3 is 0 Å². The van der Waals surface area contributed by atoms with Crippen molar-refractivity contribution < 1.29 is 4.79 Å². The highest BCUT2D eigenvalue weighted by Crippen LogP contribution is 1.98. The lowest BCUT2D eigenvalue weighted by atomic mass is 10.1. The van der Waals surface area contributed by atoms with Crippen LogP contribution >= 0.6 is 0 Å². The number of nitrogens with two attached hydrogens (primary N) is 1. The van der Waals surface area contributed by atoms with E-state index in [9.17, 15) is 4.79 Å². The van der Waals surface area contributed by atoms with Crippen molar-refractivity contribution in [2.75, 3.05) is 13.1 Å². The summed E-state index contributed by atoms with van der Waals surface area (Å²) < 4.78 is 0.